The Hall–Kier alpha value is -1.47. The van der Waals surface area contributed by atoms with Crippen molar-refractivity contribution >= 4 is 26.9 Å². The van der Waals surface area contributed by atoms with Gasteiger partial charge in [-0.25, -0.2) is 8.42 Å². The van der Waals surface area contributed by atoms with Gasteiger partial charge in [0.2, 0.25) is 14.2 Å². The molecule has 0 bridgehead atoms. The molecule has 0 amide bonds. The maximum Gasteiger partial charge on any atom is 0.232 e. The molecular formula is C14H19N3O2S2. The number of hydrogen-bond acceptors (Lipinski definition) is 6. The van der Waals surface area contributed by atoms with E-state index in [1.807, 2.05) is 0 Å². The summed E-state index contributed by atoms with van der Waals surface area (Å²) in [4.78, 5) is 2.18. The fourth-order valence-corrected chi connectivity index (χ4v) is 3.71. The van der Waals surface area contributed by atoms with Crippen LogP contribution in [0.3, 0.4) is 0 Å². The molecule has 0 aliphatic carbocycles. The fourth-order valence-electron chi connectivity index (χ4n) is 2.04. The van der Waals surface area contributed by atoms with E-state index < -0.39 is 9.84 Å². The molecule has 1 heterocycles. The van der Waals surface area contributed by atoms with Crippen molar-refractivity contribution in [1.82, 2.24) is 10.2 Å². The Labute approximate surface area is 129 Å². The van der Waals surface area contributed by atoms with Gasteiger partial charge >= 0.3 is 0 Å². The maximum atomic E-state index is 11.5. The summed E-state index contributed by atoms with van der Waals surface area (Å²) in [5.41, 5.74) is 3.53. The summed E-state index contributed by atoms with van der Waals surface area (Å²) in [5.74, 6) is 0. The minimum Gasteiger partial charge on any atom is -0.365 e. The van der Waals surface area contributed by atoms with Crippen LogP contribution in [0.1, 0.15) is 23.1 Å². The van der Waals surface area contributed by atoms with E-state index in [0.29, 0.717) is 11.6 Å². The summed E-state index contributed by atoms with van der Waals surface area (Å²) in [6.45, 7) is 7.58. The van der Waals surface area contributed by atoms with Gasteiger partial charge < -0.3 is 4.90 Å². The van der Waals surface area contributed by atoms with E-state index in [1.54, 1.807) is 0 Å². The van der Waals surface area contributed by atoms with Crippen LogP contribution in [0.15, 0.2) is 22.5 Å². The standard InChI is InChI=1S/C14H19N3O2S2/c1-5-17(12-8-10(2)6-7-11(12)3)9-13-15-16-14(20-13)21(4,18)19/h6-8H,5,9H2,1-4H3. The number of nitrogens with zero attached hydrogens (tertiary/aromatic N) is 3. The van der Waals surface area contributed by atoms with Crippen molar-refractivity contribution in [1.29, 1.82) is 0 Å². The maximum absolute atomic E-state index is 11.5. The van der Waals surface area contributed by atoms with Crippen molar-refractivity contribution in [3.8, 4) is 0 Å². The van der Waals surface area contributed by atoms with Crippen LogP contribution in [0, 0.1) is 13.8 Å². The lowest BCUT2D eigenvalue weighted by Crippen LogP contribution is -2.22. The second-order valence-electron chi connectivity index (χ2n) is 5.04. The van der Waals surface area contributed by atoms with Gasteiger partial charge in [-0.1, -0.05) is 23.5 Å². The molecule has 0 atom stereocenters. The lowest BCUT2D eigenvalue weighted by atomic mass is 10.1. The number of rotatable bonds is 5. The zero-order valence-corrected chi connectivity index (χ0v) is 14.3. The highest BCUT2D eigenvalue weighted by atomic mass is 32.2. The number of benzene rings is 1. The normalized spacial score (nSPS) is 11.6. The van der Waals surface area contributed by atoms with Gasteiger partial charge in [-0.05, 0) is 38.0 Å². The molecule has 0 fully saturated rings. The minimum absolute atomic E-state index is 0.0783. The molecule has 1 aromatic heterocycles. The van der Waals surface area contributed by atoms with Gasteiger partial charge in [0, 0.05) is 18.5 Å². The predicted octanol–water partition coefficient (Wildman–Crippen LogP) is 2.58. The number of aryl methyl sites for hydroxylation is 2. The molecule has 5 nitrogen and oxygen atoms in total. The topological polar surface area (TPSA) is 63.2 Å². The van der Waals surface area contributed by atoms with Gasteiger partial charge in [-0.3, -0.25) is 0 Å². The van der Waals surface area contributed by atoms with Crippen molar-refractivity contribution < 1.29 is 8.42 Å². The van der Waals surface area contributed by atoms with Crippen molar-refractivity contribution in [3.05, 3.63) is 34.3 Å². The number of sulfone groups is 1. The van der Waals surface area contributed by atoms with Crippen LogP contribution in [-0.2, 0) is 16.4 Å². The SMILES string of the molecule is CCN(Cc1nnc(S(C)(=O)=O)s1)c1cc(C)ccc1C. The van der Waals surface area contributed by atoms with Gasteiger partial charge in [0.1, 0.15) is 5.01 Å². The van der Waals surface area contributed by atoms with Crippen LogP contribution in [0.25, 0.3) is 0 Å². The minimum atomic E-state index is -3.28. The Bertz CT molecular complexity index is 738. The molecule has 0 N–H and O–H groups in total. The summed E-state index contributed by atoms with van der Waals surface area (Å²) < 4.78 is 23.0. The first-order valence-electron chi connectivity index (χ1n) is 6.66. The molecule has 0 saturated carbocycles. The average molecular weight is 325 g/mol. The molecule has 1 aromatic carbocycles. The van der Waals surface area contributed by atoms with Gasteiger partial charge in [0.05, 0.1) is 6.54 Å². The second kappa shape index (κ2) is 6.11. The van der Waals surface area contributed by atoms with Gasteiger partial charge in [0.15, 0.2) is 0 Å². The molecule has 0 unspecified atom stereocenters. The largest absolute Gasteiger partial charge is 0.365 e. The fraction of sp³-hybridized carbons (Fsp3) is 0.429. The van der Waals surface area contributed by atoms with E-state index in [1.165, 1.54) is 11.1 Å². The van der Waals surface area contributed by atoms with Crippen LogP contribution in [0.5, 0.6) is 0 Å². The Morgan fingerprint density at radius 1 is 1.24 bits per heavy atom. The Kier molecular flexibility index (Phi) is 4.63. The Morgan fingerprint density at radius 2 is 1.95 bits per heavy atom. The quantitative estimate of drug-likeness (QED) is 0.845. The van der Waals surface area contributed by atoms with Crippen LogP contribution in [0.4, 0.5) is 5.69 Å². The van der Waals surface area contributed by atoms with Gasteiger partial charge in [-0.2, -0.15) is 0 Å². The van der Waals surface area contributed by atoms with Crippen molar-refractivity contribution in [2.75, 3.05) is 17.7 Å². The van der Waals surface area contributed by atoms with Crippen molar-refractivity contribution in [2.45, 2.75) is 31.7 Å². The first kappa shape index (κ1) is 15.9. The molecule has 7 heteroatoms. The van der Waals surface area contributed by atoms with E-state index in [-0.39, 0.29) is 4.34 Å². The van der Waals surface area contributed by atoms with Gasteiger partial charge in [0.25, 0.3) is 0 Å². The summed E-state index contributed by atoms with van der Waals surface area (Å²) in [7, 11) is -3.28. The van der Waals surface area contributed by atoms with Crippen LogP contribution >= 0.6 is 11.3 Å². The molecule has 2 rings (SSSR count). The Balaban J connectivity index is 2.27. The Morgan fingerprint density at radius 3 is 2.52 bits per heavy atom. The van der Waals surface area contributed by atoms with E-state index in [0.717, 1.165) is 29.8 Å². The lowest BCUT2D eigenvalue weighted by Gasteiger charge is -2.24. The molecular weight excluding hydrogens is 306 g/mol. The molecule has 21 heavy (non-hydrogen) atoms. The molecule has 2 aromatic rings. The molecule has 0 aliphatic rings. The molecule has 0 radical (unpaired) electrons. The van der Waals surface area contributed by atoms with E-state index in [2.05, 4.69) is 54.1 Å². The third-order valence-corrected chi connectivity index (χ3v) is 5.76. The first-order chi connectivity index (χ1) is 9.81. The zero-order chi connectivity index (χ0) is 15.6. The van der Waals surface area contributed by atoms with Crippen LogP contribution < -0.4 is 4.90 Å². The van der Waals surface area contributed by atoms with E-state index in [9.17, 15) is 8.42 Å². The van der Waals surface area contributed by atoms with E-state index in [4.69, 9.17) is 0 Å². The second-order valence-corrected chi connectivity index (χ2v) is 8.29. The number of aromatic nitrogens is 2. The smallest absolute Gasteiger partial charge is 0.232 e. The van der Waals surface area contributed by atoms with Gasteiger partial charge in [-0.15, -0.1) is 10.2 Å². The highest BCUT2D eigenvalue weighted by molar-refractivity contribution is 7.92. The molecule has 0 spiro atoms. The third-order valence-electron chi connectivity index (χ3n) is 3.18. The summed E-state index contributed by atoms with van der Waals surface area (Å²) in [6.07, 6.45) is 1.15. The summed E-state index contributed by atoms with van der Waals surface area (Å²) in [5, 5.41) is 8.46. The zero-order valence-electron chi connectivity index (χ0n) is 12.6. The lowest BCUT2D eigenvalue weighted by molar-refractivity contribution is 0.600. The molecule has 0 aliphatic heterocycles. The highest BCUT2D eigenvalue weighted by Crippen LogP contribution is 2.25. The summed E-state index contributed by atoms with van der Waals surface area (Å²) in [6, 6.07) is 6.31. The predicted molar refractivity (Wildman–Crippen MR) is 85.7 cm³/mol. The van der Waals surface area contributed by atoms with Crippen LogP contribution in [-0.4, -0.2) is 31.4 Å². The monoisotopic (exact) mass is 325 g/mol. The van der Waals surface area contributed by atoms with Crippen LogP contribution in [0.2, 0.25) is 0 Å². The number of hydrogen-bond donors (Lipinski definition) is 0. The van der Waals surface area contributed by atoms with Crippen molar-refractivity contribution in [3.63, 3.8) is 0 Å². The highest BCUT2D eigenvalue weighted by Gasteiger charge is 2.16. The number of anilines is 1. The average Bonchev–Trinajstić information content (AvgIpc) is 2.87. The first-order valence-corrected chi connectivity index (χ1v) is 9.36. The summed E-state index contributed by atoms with van der Waals surface area (Å²) >= 11 is 1.14. The third kappa shape index (κ3) is 3.79. The molecule has 114 valence electrons. The molecule has 0 saturated heterocycles. The van der Waals surface area contributed by atoms with E-state index >= 15 is 0 Å². The van der Waals surface area contributed by atoms with Crippen molar-refractivity contribution in [2.24, 2.45) is 0 Å².